The van der Waals surface area contributed by atoms with Gasteiger partial charge in [0, 0.05) is 58.1 Å². The maximum Gasteiger partial charge on any atom is 0.226 e. The van der Waals surface area contributed by atoms with Crippen LogP contribution in [-0.4, -0.2) is 47.2 Å². The largest absolute Gasteiger partial charge is 0.381 e. The fraction of sp³-hybridized carbons (Fsp3) is 0.765. The lowest BCUT2D eigenvalue weighted by Crippen LogP contribution is -2.37. The lowest BCUT2D eigenvalue weighted by molar-refractivity contribution is -0.133. The standard InChI is InChI=1S/C17H25N3O2/c1-19(11-13-2-3-15-18-6-7-20(15)12-13)16(21)14-10-17(14)4-8-22-9-5-17/h6-7,13-14H,2-5,8-12H2,1H3. The smallest absolute Gasteiger partial charge is 0.226 e. The number of hydrogen-bond acceptors (Lipinski definition) is 3. The molecule has 120 valence electrons. The van der Waals surface area contributed by atoms with E-state index in [4.69, 9.17) is 4.74 Å². The number of aromatic nitrogens is 2. The quantitative estimate of drug-likeness (QED) is 0.854. The van der Waals surface area contributed by atoms with Crippen LogP contribution in [0.1, 0.15) is 31.5 Å². The van der Waals surface area contributed by atoms with Crippen molar-refractivity contribution in [2.24, 2.45) is 17.3 Å². The summed E-state index contributed by atoms with van der Waals surface area (Å²) < 4.78 is 7.69. The van der Waals surface area contributed by atoms with Gasteiger partial charge in [-0.25, -0.2) is 4.98 Å². The first-order chi connectivity index (χ1) is 10.7. The highest BCUT2D eigenvalue weighted by Gasteiger charge is 2.58. The predicted molar refractivity (Wildman–Crippen MR) is 82.3 cm³/mol. The van der Waals surface area contributed by atoms with Crippen molar-refractivity contribution in [3.63, 3.8) is 0 Å². The normalized spacial score (nSPS) is 29.1. The van der Waals surface area contributed by atoms with Crippen LogP contribution in [-0.2, 0) is 22.5 Å². The highest BCUT2D eigenvalue weighted by atomic mass is 16.5. The van der Waals surface area contributed by atoms with Crippen molar-refractivity contribution in [3.8, 4) is 0 Å². The van der Waals surface area contributed by atoms with Crippen LogP contribution in [0.2, 0.25) is 0 Å². The number of imidazole rings is 1. The van der Waals surface area contributed by atoms with E-state index in [9.17, 15) is 4.79 Å². The van der Waals surface area contributed by atoms with Gasteiger partial charge in [-0.15, -0.1) is 0 Å². The van der Waals surface area contributed by atoms with Crippen molar-refractivity contribution in [1.29, 1.82) is 0 Å². The molecule has 5 heteroatoms. The first-order valence-corrected chi connectivity index (χ1v) is 8.51. The van der Waals surface area contributed by atoms with Crippen molar-refractivity contribution in [2.75, 3.05) is 26.8 Å². The predicted octanol–water partition coefficient (Wildman–Crippen LogP) is 1.72. The number of carbonyl (C=O) groups excluding carboxylic acids is 1. The monoisotopic (exact) mass is 303 g/mol. The van der Waals surface area contributed by atoms with E-state index in [1.54, 1.807) is 0 Å². The zero-order valence-corrected chi connectivity index (χ0v) is 13.3. The van der Waals surface area contributed by atoms with E-state index in [1.807, 2.05) is 18.1 Å². The topological polar surface area (TPSA) is 47.4 Å². The van der Waals surface area contributed by atoms with Crippen LogP contribution in [0.15, 0.2) is 12.4 Å². The molecule has 1 aromatic rings. The van der Waals surface area contributed by atoms with E-state index in [0.717, 1.165) is 58.4 Å². The molecule has 0 radical (unpaired) electrons. The van der Waals surface area contributed by atoms with E-state index < -0.39 is 0 Å². The molecule has 1 aromatic heterocycles. The zero-order valence-electron chi connectivity index (χ0n) is 13.3. The first-order valence-electron chi connectivity index (χ1n) is 8.51. The van der Waals surface area contributed by atoms with Crippen LogP contribution in [0.25, 0.3) is 0 Å². The molecule has 1 aliphatic carbocycles. The Morgan fingerprint density at radius 1 is 1.50 bits per heavy atom. The summed E-state index contributed by atoms with van der Waals surface area (Å²) >= 11 is 0. The van der Waals surface area contributed by atoms with E-state index in [1.165, 1.54) is 5.82 Å². The molecule has 2 fully saturated rings. The molecule has 3 aliphatic rings. The van der Waals surface area contributed by atoms with Crippen molar-refractivity contribution >= 4 is 5.91 Å². The number of carbonyl (C=O) groups is 1. The second kappa shape index (κ2) is 5.37. The van der Waals surface area contributed by atoms with Crippen molar-refractivity contribution < 1.29 is 9.53 Å². The van der Waals surface area contributed by atoms with Gasteiger partial charge >= 0.3 is 0 Å². The molecule has 2 unspecified atom stereocenters. The zero-order chi connectivity index (χ0) is 15.2. The van der Waals surface area contributed by atoms with Gasteiger partial charge in [0.1, 0.15) is 5.82 Å². The van der Waals surface area contributed by atoms with Gasteiger partial charge in [-0.05, 0) is 37.0 Å². The Labute approximate surface area is 131 Å². The van der Waals surface area contributed by atoms with Crippen LogP contribution in [0.5, 0.6) is 0 Å². The number of nitrogens with zero attached hydrogens (tertiary/aromatic N) is 3. The summed E-state index contributed by atoms with van der Waals surface area (Å²) in [7, 11) is 1.98. The summed E-state index contributed by atoms with van der Waals surface area (Å²) in [6, 6.07) is 0. The molecule has 1 saturated heterocycles. The lowest BCUT2D eigenvalue weighted by Gasteiger charge is -2.29. The Hall–Kier alpha value is -1.36. The Bertz CT molecular complexity index is 562. The molecule has 1 amide bonds. The number of hydrogen-bond donors (Lipinski definition) is 0. The van der Waals surface area contributed by atoms with E-state index in [2.05, 4.69) is 15.7 Å². The fourth-order valence-corrected chi connectivity index (χ4v) is 4.36. The van der Waals surface area contributed by atoms with Gasteiger partial charge in [-0.1, -0.05) is 0 Å². The van der Waals surface area contributed by atoms with Crippen LogP contribution < -0.4 is 0 Å². The van der Waals surface area contributed by atoms with Crippen LogP contribution >= 0.6 is 0 Å². The number of aryl methyl sites for hydroxylation is 1. The Kier molecular flexibility index (Phi) is 3.48. The summed E-state index contributed by atoms with van der Waals surface area (Å²) in [5, 5.41) is 0. The second-order valence-corrected chi connectivity index (χ2v) is 7.35. The maximum atomic E-state index is 12.7. The van der Waals surface area contributed by atoms with Gasteiger partial charge in [0.25, 0.3) is 0 Å². The number of rotatable bonds is 3. The number of amides is 1. The molecular weight excluding hydrogens is 278 g/mol. The molecule has 2 atom stereocenters. The Morgan fingerprint density at radius 3 is 3.14 bits per heavy atom. The third-order valence-electron chi connectivity index (χ3n) is 5.92. The fourth-order valence-electron chi connectivity index (χ4n) is 4.36. The van der Waals surface area contributed by atoms with Gasteiger partial charge < -0.3 is 14.2 Å². The molecular formula is C17H25N3O2. The summed E-state index contributed by atoms with van der Waals surface area (Å²) in [5.41, 5.74) is 0.285. The third-order valence-corrected chi connectivity index (χ3v) is 5.92. The molecule has 5 nitrogen and oxygen atoms in total. The Balaban J connectivity index is 1.33. The minimum absolute atomic E-state index is 0.258. The number of ether oxygens (including phenoxy) is 1. The molecule has 22 heavy (non-hydrogen) atoms. The minimum Gasteiger partial charge on any atom is -0.381 e. The van der Waals surface area contributed by atoms with Gasteiger partial charge in [-0.2, -0.15) is 0 Å². The van der Waals surface area contributed by atoms with Gasteiger partial charge in [0.05, 0.1) is 0 Å². The maximum absolute atomic E-state index is 12.7. The van der Waals surface area contributed by atoms with E-state index in [0.29, 0.717) is 11.8 Å². The summed E-state index contributed by atoms with van der Waals surface area (Å²) in [6.07, 6.45) is 9.32. The molecule has 4 rings (SSSR count). The third kappa shape index (κ3) is 2.45. The van der Waals surface area contributed by atoms with Crippen molar-refractivity contribution in [1.82, 2.24) is 14.5 Å². The highest BCUT2D eigenvalue weighted by molar-refractivity contribution is 5.82. The second-order valence-electron chi connectivity index (χ2n) is 7.35. The highest BCUT2D eigenvalue weighted by Crippen LogP contribution is 2.59. The Morgan fingerprint density at radius 2 is 2.32 bits per heavy atom. The minimum atomic E-state index is 0.258. The van der Waals surface area contributed by atoms with Crippen LogP contribution in [0.3, 0.4) is 0 Å². The van der Waals surface area contributed by atoms with Gasteiger partial charge in [0.15, 0.2) is 0 Å². The van der Waals surface area contributed by atoms with Gasteiger partial charge in [-0.3, -0.25) is 4.79 Å². The van der Waals surface area contributed by atoms with Crippen LogP contribution in [0, 0.1) is 17.3 Å². The number of fused-ring (bicyclic) bond motifs is 1. The van der Waals surface area contributed by atoms with Crippen LogP contribution in [0.4, 0.5) is 0 Å². The SMILES string of the molecule is CN(CC1CCc2nccn2C1)C(=O)C1CC12CCOCC2. The summed E-state index contributed by atoms with van der Waals surface area (Å²) in [6.45, 7) is 3.54. The van der Waals surface area contributed by atoms with E-state index in [-0.39, 0.29) is 11.3 Å². The summed E-state index contributed by atoms with van der Waals surface area (Å²) in [5.74, 6) is 2.36. The average Bonchev–Trinajstić information content (AvgIpc) is 3.01. The summed E-state index contributed by atoms with van der Waals surface area (Å²) in [4.78, 5) is 19.1. The molecule has 0 bridgehead atoms. The molecule has 3 heterocycles. The van der Waals surface area contributed by atoms with E-state index >= 15 is 0 Å². The lowest BCUT2D eigenvalue weighted by atomic mass is 9.93. The van der Waals surface area contributed by atoms with Crippen molar-refractivity contribution in [2.45, 2.75) is 38.6 Å². The molecule has 0 aromatic carbocycles. The molecule has 0 N–H and O–H groups in total. The van der Waals surface area contributed by atoms with Gasteiger partial charge in [0.2, 0.25) is 5.91 Å². The first kappa shape index (κ1) is 14.2. The molecule has 2 aliphatic heterocycles. The van der Waals surface area contributed by atoms with Crippen molar-refractivity contribution in [3.05, 3.63) is 18.2 Å². The average molecular weight is 303 g/mol. The molecule has 1 saturated carbocycles. The molecule has 1 spiro atoms.